The Morgan fingerprint density at radius 2 is 1.54 bits per heavy atom. The minimum atomic E-state index is -3.39. The zero-order valence-electron chi connectivity index (χ0n) is 13.1. The first kappa shape index (κ1) is 17.9. The third kappa shape index (κ3) is 5.62. The van der Waals surface area contributed by atoms with Crippen LogP contribution in [0.2, 0.25) is 0 Å². The van der Waals surface area contributed by atoms with E-state index in [0.29, 0.717) is 5.56 Å². The number of aliphatic hydroxyl groups is 1. The summed E-state index contributed by atoms with van der Waals surface area (Å²) in [5.41, 5.74) is 1.46. The number of ether oxygens (including phenoxy) is 1. The molecule has 0 radical (unpaired) electrons. The number of carbonyl (C=O) groups excluding carboxylic acids is 1. The summed E-state index contributed by atoms with van der Waals surface area (Å²) >= 11 is 0. The molecule has 0 spiro atoms. The molecule has 1 amide bonds. The van der Waals surface area contributed by atoms with Gasteiger partial charge in [-0.2, -0.15) is 0 Å². The van der Waals surface area contributed by atoms with Crippen molar-refractivity contribution in [3.63, 3.8) is 0 Å². The molecule has 2 aromatic carbocycles. The summed E-state index contributed by atoms with van der Waals surface area (Å²) in [6.07, 6.45) is -0.851. The van der Waals surface area contributed by atoms with Crippen LogP contribution in [0, 0.1) is 0 Å². The second kappa shape index (κ2) is 8.40. The average Bonchev–Trinajstić information content (AvgIpc) is 2.61. The molecule has 0 saturated carbocycles. The predicted molar refractivity (Wildman–Crippen MR) is 85.5 cm³/mol. The van der Waals surface area contributed by atoms with E-state index in [1.165, 1.54) is 0 Å². The van der Waals surface area contributed by atoms with E-state index in [-0.39, 0.29) is 13.2 Å². The van der Waals surface area contributed by atoms with Crippen LogP contribution >= 0.6 is 0 Å². The molecule has 2 aromatic rings. The fourth-order valence-electron chi connectivity index (χ4n) is 2.13. The normalized spacial score (nSPS) is 11.1. The van der Waals surface area contributed by atoms with E-state index < -0.39 is 25.2 Å². The number of hydrogen-bond acceptors (Lipinski definition) is 3. The number of halogens is 2. The standard InChI is InChI=1S/C18H19F2NO3/c19-18(20,14-22)13-21(11-15-7-3-1-4-8-15)17(23)24-12-16-9-5-2-6-10-16/h1-10,22H,11-14H2. The van der Waals surface area contributed by atoms with Crippen molar-refractivity contribution in [2.24, 2.45) is 0 Å². The molecular formula is C18H19F2NO3. The van der Waals surface area contributed by atoms with Gasteiger partial charge < -0.3 is 9.84 Å². The van der Waals surface area contributed by atoms with Crippen LogP contribution in [-0.4, -0.2) is 35.2 Å². The van der Waals surface area contributed by atoms with Crippen LogP contribution < -0.4 is 0 Å². The number of aliphatic hydroxyl groups excluding tert-OH is 1. The molecule has 4 nitrogen and oxygen atoms in total. The molecule has 0 unspecified atom stereocenters. The maximum Gasteiger partial charge on any atom is 0.410 e. The highest BCUT2D eigenvalue weighted by molar-refractivity contribution is 5.67. The lowest BCUT2D eigenvalue weighted by Crippen LogP contribution is -2.42. The smallest absolute Gasteiger partial charge is 0.410 e. The molecule has 0 aromatic heterocycles. The van der Waals surface area contributed by atoms with E-state index in [2.05, 4.69) is 0 Å². The molecule has 0 aliphatic heterocycles. The summed E-state index contributed by atoms with van der Waals surface area (Å²) in [6, 6.07) is 17.7. The Morgan fingerprint density at radius 3 is 2.08 bits per heavy atom. The molecular weight excluding hydrogens is 316 g/mol. The molecule has 128 valence electrons. The van der Waals surface area contributed by atoms with Gasteiger partial charge in [0.25, 0.3) is 5.92 Å². The molecule has 0 fully saturated rings. The van der Waals surface area contributed by atoms with E-state index in [1.54, 1.807) is 54.6 Å². The highest BCUT2D eigenvalue weighted by atomic mass is 19.3. The summed E-state index contributed by atoms with van der Waals surface area (Å²) in [7, 11) is 0. The lowest BCUT2D eigenvalue weighted by molar-refractivity contribution is -0.0720. The largest absolute Gasteiger partial charge is 0.445 e. The SMILES string of the molecule is O=C(OCc1ccccc1)N(Cc1ccccc1)CC(F)(F)CO. The fourth-order valence-corrected chi connectivity index (χ4v) is 2.13. The first-order valence-corrected chi connectivity index (χ1v) is 7.48. The first-order valence-electron chi connectivity index (χ1n) is 7.48. The van der Waals surface area contributed by atoms with E-state index in [9.17, 15) is 13.6 Å². The van der Waals surface area contributed by atoms with Crippen LogP contribution in [0.3, 0.4) is 0 Å². The van der Waals surface area contributed by atoms with Gasteiger partial charge in [0.15, 0.2) is 0 Å². The predicted octanol–water partition coefficient (Wildman–Crippen LogP) is 3.45. The topological polar surface area (TPSA) is 49.8 Å². The number of hydrogen-bond donors (Lipinski definition) is 1. The summed E-state index contributed by atoms with van der Waals surface area (Å²) in [6.45, 7) is -2.27. The number of alkyl halides is 2. The van der Waals surface area contributed by atoms with Crippen molar-refractivity contribution in [2.45, 2.75) is 19.1 Å². The zero-order valence-corrected chi connectivity index (χ0v) is 13.1. The molecule has 24 heavy (non-hydrogen) atoms. The van der Waals surface area contributed by atoms with Gasteiger partial charge in [-0.15, -0.1) is 0 Å². The molecule has 1 N–H and O–H groups in total. The maximum atomic E-state index is 13.5. The highest BCUT2D eigenvalue weighted by Gasteiger charge is 2.33. The number of carbonyl (C=O) groups is 1. The Kier molecular flexibility index (Phi) is 6.26. The minimum absolute atomic E-state index is 0.00431. The number of amides is 1. The van der Waals surface area contributed by atoms with E-state index in [0.717, 1.165) is 10.5 Å². The van der Waals surface area contributed by atoms with Crippen molar-refractivity contribution in [2.75, 3.05) is 13.2 Å². The molecule has 0 saturated heterocycles. The monoisotopic (exact) mass is 335 g/mol. The Morgan fingerprint density at radius 1 is 1.00 bits per heavy atom. The van der Waals surface area contributed by atoms with Crippen LogP contribution in [0.1, 0.15) is 11.1 Å². The van der Waals surface area contributed by atoms with Crippen molar-refractivity contribution < 1.29 is 23.4 Å². The van der Waals surface area contributed by atoms with Crippen molar-refractivity contribution in [1.82, 2.24) is 4.90 Å². The van der Waals surface area contributed by atoms with Crippen LogP contribution in [0.5, 0.6) is 0 Å². The molecule has 0 heterocycles. The van der Waals surface area contributed by atoms with Crippen LogP contribution in [-0.2, 0) is 17.9 Å². The van der Waals surface area contributed by atoms with Crippen molar-refractivity contribution in [1.29, 1.82) is 0 Å². The number of nitrogens with zero attached hydrogens (tertiary/aromatic N) is 1. The van der Waals surface area contributed by atoms with Gasteiger partial charge in [-0.1, -0.05) is 60.7 Å². The molecule has 0 aliphatic carbocycles. The highest BCUT2D eigenvalue weighted by Crippen LogP contribution is 2.17. The van der Waals surface area contributed by atoms with E-state index in [1.807, 2.05) is 6.07 Å². The third-order valence-electron chi connectivity index (χ3n) is 3.33. The molecule has 0 aliphatic rings. The van der Waals surface area contributed by atoms with Gasteiger partial charge in [0.2, 0.25) is 0 Å². The first-order chi connectivity index (χ1) is 11.5. The minimum Gasteiger partial charge on any atom is -0.445 e. The van der Waals surface area contributed by atoms with Gasteiger partial charge in [-0.3, -0.25) is 4.90 Å². The Balaban J connectivity index is 2.04. The Bertz CT molecular complexity index is 635. The van der Waals surface area contributed by atoms with Crippen molar-refractivity contribution in [3.05, 3.63) is 71.8 Å². The van der Waals surface area contributed by atoms with E-state index in [4.69, 9.17) is 9.84 Å². The second-order valence-electron chi connectivity index (χ2n) is 5.40. The summed E-state index contributed by atoms with van der Waals surface area (Å²) in [5.74, 6) is -3.39. The fraction of sp³-hybridized carbons (Fsp3) is 0.278. The Hall–Kier alpha value is -2.47. The molecule has 0 bridgehead atoms. The van der Waals surface area contributed by atoms with Gasteiger partial charge in [-0.25, -0.2) is 13.6 Å². The lowest BCUT2D eigenvalue weighted by atomic mass is 10.2. The molecule has 6 heteroatoms. The second-order valence-corrected chi connectivity index (χ2v) is 5.40. The quantitative estimate of drug-likeness (QED) is 0.843. The summed E-state index contributed by atoms with van der Waals surface area (Å²) < 4.78 is 32.2. The third-order valence-corrected chi connectivity index (χ3v) is 3.33. The number of rotatable bonds is 7. The van der Waals surface area contributed by atoms with Crippen molar-refractivity contribution >= 4 is 6.09 Å². The summed E-state index contributed by atoms with van der Waals surface area (Å²) in [4.78, 5) is 13.1. The average molecular weight is 335 g/mol. The van der Waals surface area contributed by atoms with Gasteiger partial charge in [-0.05, 0) is 11.1 Å². The van der Waals surface area contributed by atoms with Crippen LogP contribution in [0.4, 0.5) is 13.6 Å². The summed E-state index contributed by atoms with van der Waals surface area (Å²) in [5, 5.41) is 8.77. The van der Waals surface area contributed by atoms with Gasteiger partial charge in [0.05, 0.1) is 6.54 Å². The van der Waals surface area contributed by atoms with E-state index >= 15 is 0 Å². The van der Waals surface area contributed by atoms with Crippen molar-refractivity contribution in [3.8, 4) is 0 Å². The van der Waals surface area contributed by atoms with Gasteiger partial charge >= 0.3 is 6.09 Å². The number of benzene rings is 2. The molecule has 0 atom stereocenters. The zero-order chi connectivity index (χ0) is 17.4. The maximum absolute atomic E-state index is 13.5. The molecule has 2 rings (SSSR count). The van der Waals surface area contributed by atoms with Crippen LogP contribution in [0.25, 0.3) is 0 Å². The van der Waals surface area contributed by atoms with Gasteiger partial charge in [0, 0.05) is 6.54 Å². The lowest BCUT2D eigenvalue weighted by Gasteiger charge is -2.26. The van der Waals surface area contributed by atoms with Gasteiger partial charge in [0.1, 0.15) is 13.2 Å². The van der Waals surface area contributed by atoms with Crippen LogP contribution in [0.15, 0.2) is 60.7 Å². The Labute approximate surface area is 139 Å².